The van der Waals surface area contributed by atoms with Crippen LogP contribution in [0.3, 0.4) is 0 Å². The van der Waals surface area contributed by atoms with Crippen LogP contribution in [0.2, 0.25) is 0 Å². The van der Waals surface area contributed by atoms with Crippen molar-refractivity contribution in [2.24, 2.45) is 0 Å². The molecule has 0 heterocycles. The van der Waals surface area contributed by atoms with Gasteiger partial charge in [-0.05, 0) is 17.7 Å². The molecule has 19 heavy (non-hydrogen) atoms. The fourth-order valence-electron chi connectivity index (χ4n) is 1.87. The van der Waals surface area contributed by atoms with E-state index >= 15 is 0 Å². The van der Waals surface area contributed by atoms with Gasteiger partial charge in [-0.15, -0.1) is 0 Å². The van der Waals surface area contributed by atoms with Gasteiger partial charge in [0.25, 0.3) is 0 Å². The van der Waals surface area contributed by atoms with Gasteiger partial charge in [0, 0.05) is 12.0 Å². The fraction of sp³-hybridized carbons (Fsp3) is 0.250. The lowest BCUT2D eigenvalue weighted by atomic mass is 10.0. The van der Waals surface area contributed by atoms with Gasteiger partial charge in [0.05, 0.1) is 20.3 Å². The van der Waals surface area contributed by atoms with Crippen molar-refractivity contribution in [3.05, 3.63) is 60.2 Å². The molecule has 0 radical (unpaired) electrons. The molecule has 1 atom stereocenters. The minimum absolute atomic E-state index is 0.0209. The zero-order valence-electron chi connectivity index (χ0n) is 11.0. The van der Waals surface area contributed by atoms with E-state index in [2.05, 4.69) is 0 Å². The standard InChI is InChI=1S/C16H18O3/c1-18-15-8-5-9-16(10-15)19-12-14(11-17)13-6-3-2-4-7-13/h2-10,14,17H,11-12H2,1H3. The molecular weight excluding hydrogens is 240 g/mol. The fourth-order valence-corrected chi connectivity index (χ4v) is 1.87. The van der Waals surface area contributed by atoms with Crippen LogP contribution < -0.4 is 9.47 Å². The van der Waals surface area contributed by atoms with E-state index in [-0.39, 0.29) is 12.5 Å². The highest BCUT2D eigenvalue weighted by molar-refractivity contribution is 5.33. The average molecular weight is 258 g/mol. The first kappa shape index (κ1) is 13.4. The first-order chi connectivity index (χ1) is 9.33. The Morgan fingerprint density at radius 1 is 1.00 bits per heavy atom. The minimum Gasteiger partial charge on any atom is -0.497 e. The Morgan fingerprint density at radius 2 is 1.74 bits per heavy atom. The Morgan fingerprint density at radius 3 is 2.42 bits per heavy atom. The average Bonchev–Trinajstić information content (AvgIpc) is 2.49. The summed E-state index contributed by atoms with van der Waals surface area (Å²) in [5.74, 6) is 1.49. The number of rotatable bonds is 6. The summed E-state index contributed by atoms with van der Waals surface area (Å²) in [5.41, 5.74) is 1.08. The molecule has 0 bridgehead atoms. The first-order valence-corrected chi connectivity index (χ1v) is 6.26. The molecule has 0 aliphatic carbocycles. The Kier molecular flexibility index (Phi) is 4.81. The summed E-state index contributed by atoms with van der Waals surface area (Å²) in [6.07, 6.45) is 0. The number of aliphatic hydroxyl groups excluding tert-OH is 1. The third kappa shape index (κ3) is 3.73. The molecule has 0 amide bonds. The molecule has 0 saturated carbocycles. The summed E-state index contributed by atoms with van der Waals surface area (Å²) < 4.78 is 10.9. The van der Waals surface area contributed by atoms with E-state index in [1.807, 2.05) is 54.6 Å². The number of benzene rings is 2. The lowest BCUT2D eigenvalue weighted by molar-refractivity contribution is 0.204. The molecule has 2 rings (SSSR count). The lowest BCUT2D eigenvalue weighted by Gasteiger charge is -2.16. The molecule has 3 heteroatoms. The summed E-state index contributed by atoms with van der Waals surface area (Å²) in [6, 6.07) is 17.3. The normalized spacial score (nSPS) is 11.9. The molecule has 2 aromatic carbocycles. The Bertz CT molecular complexity index is 496. The topological polar surface area (TPSA) is 38.7 Å². The van der Waals surface area contributed by atoms with Crippen molar-refractivity contribution in [3.63, 3.8) is 0 Å². The van der Waals surface area contributed by atoms with Crippen LogP contribution in [0, 0.1) is 0 Å². The van der Waals surface area contributed by atoms with Gasteiger partial charge in [0.2, 0.25) is 0 Å². The maximum Gasteiger partial charge on any atom is 0.123 e. The van der Waals surface area contributed by atoms with E-state index in [0.29, 0.717) is 6.61 Å². The molecule has 0 aliphatic heterocycles. The second kappa shape index (κ2) is 6.81. The largest absolute Gasteiger partial charge is 0.497 e. The van der Waals surface area contributed by atoms with Gasteiger partial charge in [-0.2, -0.15) is 0 Å². The summed E-state index contributed by atoms with van der Waals surface area (Å²) in [6.45, 7) is 0.502. The van der Waals surface area contributed by atoms with Crippen LogP contribution in [0.15, 0.2) is 54.6 Å². The molecule has 1 unspecified atom stereocenters. The molecule has 0 saturated heterocycles. The number of ether oxygens (including phenoxy) is 2. The second-order valence-electron chi connectivity index (χ2n) is 4.28. The van der Waals surface area contributed by atoms with E-state index in [4.69, 9.17) is 9.47 Å². The zero-order chi connectivity index (χ0) is 13.5. The first-order valence-electron chi connectivity index (χ1n) is 6.26. The quantitative estimate of drug-likeness (QED) is 0.866. The minimum atomic E-state index is -0.0209. The van der Waals surface area contributed by atoms with Crippen LogP contribution in [0.4, 0.5) is 0 Å². The SMILES string of the molecule is COc1cccc(OCC(CO)c2ccccc2)c1. The summed E-state index contributed by atoms with van der Waals surface area (Å²) in [4.78, 5) is 0. The zero-order valence-corrected chi connectivity index (χ0v) is 11.0. The number of methoxy groups -OCH3 is 1. The predicted octanol–water partition coefficient (Wildman–Crippen LogP) is 2.85. The number of aliphatic hydroxyl groups is 1. The highest BCUT2D eigenvalue weighted by Gasteiger charge is 2.11. The van der Waals surface area contributed by atoms with E-state index < -0.39 is 0 Å². The predicted molar refractivity (Wildman–Crippen MR) is 74.8 cm³/mol. The number of hydrogen-bond acceptors (Lipinski definition) is 3. The van der Waals surface area contributed by atoms with Crippen molar-refractivity contribution in [2.45, 2.75) is 5.92 Å². The monoisotopic (exact) mass is 258 g/mol. The smallest absolute Gasteiger partial charge is 0.123 e. The van der Waals surface area contributed by atoms with Crippen LogP contribution in [-0.2, 0) is 0 Å². The van der Waals surface area contributed by atoms with Crippen molar-refractivity contribution in [3.8, 4) is 11.5 Å². The van der Waals surface area contributed by atoms with E-state index in [9.17, 15) is 5.11 Å². The summed E-state index contributed by atoms with van der Waals surface area (Å²) in [7, 11) is 1.62. The third-order valence-corrected chi connectivity index (χ3v) is 2.98. The molecule has 1 N–H and O–H groups in total. The molecule has 0 fully saturated rings. The van der Waals surface area contributed by atoms with Crippen LogP contribution in [0.25, 0.3) is 0 Å². The Labute approximate surface area is 113 Å². The third-order valence-electron chi connectivity index (χ3n) is 2.98. The molecule has 0 aromatic heterocycles. The van der Waals surface area contributed by atoms with Crippen molar-refractivity contribution < 1.29 is 14.6 Å². The molecule has 0 aliphatic rings. The molecule has 2 aromatic rings. The Hall–Kier alpha value is -2.00. The van der Waals surface area contributed by atoms with Crippen LogP contribution in [-0.4, -0.2) is 25.4 Å². The highest BCUT2D eigenvalue weighted by atomic mass is 16.5. The van der Waals surface area contributed by atoms with Gasteiger partial charge in [0.1, 0.15) is 11.5 Å². The highest BCUT2D eigenvalue weighted by Crippen LogP contribution is 2.21. The maximum atomic E-state index is 9.45. The van der Waals surface area contributed by atoms with Crippen molar-refractivity contribution in [2.75, 3.05) is 20.3 Å². The second-order valence-corrected chi connectivity index (χ2v) is 4.28. The van der Waals surface area contributed by atoms with Crippen LogP contribution >= 0.6 is 0 Å². The van der Waals surface area contributed by atoms with Crippen molar-refractivity contribution >= 4 is 0 Å². The summed E-state index contributed by atoms with van der Waals surface area (Å²) in [5, 5.41) is 9.45. The van der Waals surface area contributed by atoms with Gasteiger partial charge in [-0.3, -0.25) is 0 Å². The van der Waals surface area contributed by atoms with Gasteiger partial charge in [-0.25, -0.2) is 0 Å². The van der Waals surface area contributed by atoms with Crippen molar-refractivity contribution in [1.82, 2.24) is 0 Å². The lowest BCUT2D eigenvalue weighted by Crippen LogP contribution is -2.14. The summed E-state index contributed by atoms with van der Waals surface area (Å²) >= 11 is 0. The number of hydrogen-bond donors (Lipinski definition) is 1. The maximum absolute atomic E-state index is 9.45. The van der Waals surface area contributed by atoms with Crippen LogP contribution in [0.1, 0.15) is 11.5 Å². The van der Waals surface area contributed by atoms with E-state index in [1.54, 1.807) is 7.11 Å². The van der Waals surface area contributed by atoms with Gasteiger partial charge < -0.3 is 14.6 Å². The van der Waals surface area contributed by atoms with Gasteiger partial charge >= 0.3 is 0 Å². The van der Waals surface area contributed by atoms with Gasteiger partial charge in [-0.1, -0.05) is 36.4 Å². The molecular formula is C16H18O3. The Balaban J connectivity index is 2.00. The molecule has 100 valence electrons. The van der Waals surface area contributed by atoms with Gasteiger partial charge in [0.15, 0.2) is 0 Å². The van der Waals surface area contributed by atoms with E-state index in [0.717, 1.165) is 17.1 Å². The van der Waals surface area contributed by atoms with E-state index in [1.165, 1.54) is 0 Å². The van der Waals surface area contributed by atoms with Crippen molar-refractivity contribution in [1.29, 1.82) is 0 Å². The molecule has 3 nitrogen and oxygen atoms in total. The molecule has 0 spiro atoms. The van der Waals surface area contributed by atoms with Crippen LogP contribution in [0.5, 0.6) is 11.5 Å².